The van der Waals surface area contributed by atoms with E-state index in [-0.39, 0.29) is 11.7 Å². The van der Waals surface area contributed by atoms with Gasteiger partial charge in [0, 0.05) is 12.1 Å². The van der Waals surface area contributed by atoms with Gasteiger partial charge in [0.2, 0.25) is 0 Å². The summed E-state index contributed by atoms with van der Waals surface area (Å²) in [7, 11) is 0. The van der Waals surface area contributed by atoms with Gasteiger partial charge >= 0.3 is 5.97 Å². The maximum atomic E-state index is 13.5. The topological polar surface area (TPSA) is 50.1 Å². The molecule has 0 amide bonds. The summed E-state index contributed by atoms with van der Waals surface area (Å²) in [6.07, 6.45) is 8.42. The first kappa shape index (κ1) is 18.4. The number of hydrogen-bond donors (Lipinski definition) is 0. The Morgan fingerprint density at radius 3 is 2.38 bits per heavy atom. The van der Waals surface area contributed by atoms with Gasteiger partial charge in [-0.2, -0.15) is 5.26 Å². The van der Waals surface area contributed by atoms with Crippen LogP contribution in [0.5, 0.6) is 5.75 Å². The Labute approximate surface area is 141 Å². The second kappa shape index (κ2) is 8.77. The second-order valence-corrected chi connectivity index (χ2v) is 6.51. The van der Waals surface area contributed by atoms with E-state index in [2.05, 4.69) is 6.92 Å². The van der Waals surface area contributed by atoms with E-state index in [0.29, 0.717) is 5.92 Å². The Balaban J connectivity index is 1.87. The fraction of sp³-hybridized carbons (Fsp3) is 0.579. The molecule has 0 spiro atoms. The van der Waals surface area contributed by atoms with Gasteiger partial charge in [0.25, 0.3) is 0 Å². The quantitative estimate of drug-likeness (QED) is 0.411. The normalized spacial score (nSPS) is 20.4. The smallest absolute Gasteiger partial charge is 0.314 e. The number of carbonyl (C=O) groups is 1. The molecule has 5 heteroatoms. The van der Waals surface area contributed by atoms with Crippen molar-refractivity contribution in [1.29, 1.82) is 5.26 Å². The van der Waals surface area contributed by atoms with Crippen LogP contribution in [0, 0.1) is 34.8 Å². The summed E-state index contributed by atoms with van der Waals surface area (Å²) in [5.74, 6) is -2.19. The van der Waals surface area contributed by atoms with Gasteiger partial charge in [-0.1, -0.05) is 32.6 Å². The predicted molar refractivity (Wildman–Crippen MR) is 86.3 cm³/mol. The zero-order chi connectivity index (χ0) is 17.5. The first-order chi connectivity index (χ1) is 11.5. The van der Waals surface area contributed by atoms with E-state index in [1.54, 1.807) is 0 Å². The van der Waals surface area contributed by atoms with Gasteiger partial charge in [0.1, 0.15) is 29.0 Å². The van der Waals surface area contributed by atoms with Crippen molar-refractivity contribution in [2.45, 2.75) is 58.3 Å². The molecule has 0 bridgehead atoms. The van der Waals surface area contributed by atoms with E-state index in [4.69, 9.17) is 10.00 Å². The zero-order valence-electron chi connectivity index (χ0n) is 14.0. The van der Waals surface area contributed by atoms with Crippen LogP contribution in [0.25, 0.3) is 0 Å². The van der Waals surface area contributed by atoms with Crippen molar-refractivity contribution < 1.29 is 18.3 Å². The average molecular weight is 335 g/mol. The van der Waals surface area contributed by atoms with Crippen molar-refractivity contribution in [3.05, 3.63) is 29.3 Å². The highest BCUT2D eigenvalue weighted by Crippen LogP contribution is 2.33. The van der Waals surface area contributed by atoms with Crippen molar-refractivity contribution in [3.8, 4) is 11.8 Å². The van der Waals surface area contributed by atoms with Crippen LogP contribution in [-0.4, -0.2) is 5.97 Å². The number of halogens is 2. The Morgan fingerprint density at radius 2 is 1.83 bits per heavy atom. The molecule has 0 unspecified atom stereocenters. The highest BCUT2D eigenvalue weighted by atomic mass is 19.1. The molecule has 130 valence electrons. The molecule has 0 aliphatic heterocycles. The van der Waals surface area contributed by atoms with E-state index in [9.17, 15) is 13.6 Å². The van der Waals surface area contributed by atoms with E-state index in [0.717, 1.165) is 37.8 Å². The van der Waals surface area contributed by atoms with Crippen LogP contribution in [0.2, 0.25) is 0 Å². The minimum atomic E-state index is -1.01. The van der Waals surface area contributed by atoms with Crippen molar-refractivity contribution in [1.82, 2.24) is 0 Å². The highest BCUT2D eigenvalue weighted by Gasteiger charge is 2.28. The lowest BCUT2D eigenvalue weighted by molar-refractivity contribution is -0.140. The fourth-order valence-electron chi connectivity index (χ4n) is 3.28. The fourth-order valence-corrected chi connectivity index (χ4v) is 3.28. The number of esters is 1. The molecule has 0 saturated heterocycles. The predicted octanol–water partition coefficient (Wildman–Crippen LogP) is 5.13. The van der Waals surface area contributed by atoms with E-state index >= 15 is 0 Å². The van der Waals surface area contributed by atoms with Gasteiger partial charge < -0.3 is 4.74 Å². The van der Waals surface area contributed by atoms with Gasteiger partial charge in [0.05, 0.1) is 5.92 Å². The number of nitrogens with zero attached hydrogens (tertiary/aromatic N) is 1. The lowest BCUT2D eigenvalue weighted by Gasteiger charge is -2.27. The van der Waals surface area contributed by atoms with Crippen LogP contribution in [0.1, 0.15) is 63.9 Å². The SMILES string of the molecule is CCCCC[C@H]1CC[C@H](C(=O)Oc2cc(F)c(C#N)c(F)c2)CC1. The largest absolute Gasteiger partial charge is 0.426 e. The summed E-state index contributed by atoms with van der Waals surface area (Å²) < 4.78 is 32.2. The molecule has 0 aromatic heterocycles. The molecular formula is C19H23F2NO2. The molecule has 0 atom stereocenters. The Hall–Kier alpha value is -1.96. The second-order valence-electron chi connectivity index (χ2n) is 6.51. The van der Waals surface area contributed by atoms with Gasteiger partial charge in [-0.05, 0) is 31.6 Å². The molecule has 0 N–H and O–H groups in total. The summed E-state index contributed by atoms with van der Waals surface area (Å²) in [6, 6.07) is 3.21. The molecule has 1 aliphatic rings. The number of nitriles is 1. The zero-order valence-corrected chi connectivity index (χ0v) is 14.0. The van der Waals surface area contributed by atoms with E-state index in [1.807, 2.05) is 0 Å². The van der Waals surface area contributed by atoms with E-state index < -0.39 is 23.2 Å². The third-order valence-corrected chi connectivity index (χ3v) is 4.74. The summed E-state index contributed by atoms with van der Waals surface area (Å²) in [6.45, 7) is 2.18. The third-order valence-electron chi connectivity index (χ3n) is 4.74. The number of unbranched alkanes of at least 4 members (excludes halogenated alkanes) is 2. The molecule has 1 aromatic carbocycles. The number of ether oxygens (including phenoxy) is 1. The third kappa shape index (κ3) is 4.77. The maximum Gasteiger partial charge on any atom is 0.314 e. The molecule has 0 radical (unpaired) electrons. The monoisotopic (exact) mass is 335 g/mol. The molecule has 24 heavy (non-hydrogen) atoms. The standard InChI is InChI=1S/C19H23F2NO2/c1-2-3-4-5-13-6-8-14(9-7-13)19(23)24-15-10-17(20)16(12-22)18(21)11-15/h10-11,13-14H,2-9H2,1H3/t13-,14-. The van der Waals surface area contributed by atoms with Crippen molar-refractivity contribution in [2.24, 2.45) is 11.8 Å². The molecular weight excluding hydrogens is 312 g/mol. The van der Waals surface area contributed by atoms with Crippen LogP contribution in [-0.2, 0) is 4.79 Å². The molecule has 1 aromatic rings. The van der Waals surface area contributed by atoms with Gasteiger partial charge in [-0.25, -0.2) is 8.78 Å². The average Bonchev–Trinajstić information content (AvgIpc) is 2.55. The van der Waals surface area contributed by atoms with Crippen LogP contribution < -0.4 is 4.74 Å². The number of benzene rings is 1. The highest BCUT2D eigenvalue weighted by molar-refractivity contribution is 5.75. The van der Waals surface area contributed by atoms with Gasteiger partial charge in [-0.3, -0.25) is 4.79 Å². The minimum Gasteiger partial charge on any atom is -0.426 e. The Bertz CT molecular complexity index is 593. The first-order valence-electron chi connectivity index (χ1n) is 8.66. The van der Waals surface area contributed by atoms with Crippen LogP contribution >= 0.6 is 0 Å². The lowest BCUT2D eigenvalue weighted by atomic mass is 9.80. The van der Waals surface area contributed by atoms with Crippen molar-refractivity contribution >= 4 is 5.97 Å². The molecule has 1 aliphatic carbocycles. The van der Waals surface area contributed by atoms with Crippen molar-refractivity contribution in [3.63, 3.8) is 0 Å². The molecule has 3 nitrogen and oxygen atoms in total. The van der Waals surface area contributed by atoms with Gasteiger partial charge in [-0.15, -0.1) is 0 Å². The summed E-state index contributed by atoms with van der Waals surface area (Å²) in [4.78, 5) is 12.2. The molecule has 2 rings (SSSR count). The van der Waals surface area contributed by atoms with Crippen molar-refractivity contribution in [2.75, 3.05) is 0 Å². The molecule has 0 heterocycles. The number of rotatable bonds is 6. The maximum absolute atomic E-state index is 13.5. The van der Waals surface area contributed by atoms with Crippen LogP contribution in [0.15, 0.2) is 12.1 Å². The number of hydrogen-bond acceptors (Lipinski definition) is 3. The molecule has 1 saturated carbocycles. The van der Waals surface area contributed by atoms with Crippen LogP contribution in [0.3, 0.4) is 0 Å². The van der Waals surface area contributed by atoms with Gasteiger partial charge in [0.15, 0.2) is 0 Å². The summed E-state index contributed by atoms with van der Waals surface area (Å²) in [5, 5.41) is 8.64. The minimum absolute atomic E-state index is 0.181. The lowest BCUT2D eigenvalue weighted by Crippen LogP contribution is -2.25. The Kier molecular flexibility index (Phi) is 6.72. The Morgan fingerprint density at radius 1 is 1.21 bits per heavy atom. The number of carbonyl (C=O) groups excluding carboxylic acids is 1. The summed E-state index contributed by atoms with van der Waals surface area (Å²) >= 11 is 0. The summed E-state index contributed by atoms with van der Waals surface area (Å²) in [5.41, 5.74) is -0.664. The van der Waals surface area contributed by atoms with E-state index in [1.165, 1.54) is 31.8 Å². The first-order valence-corrected chi connectivity index (χ1v) is 8.66. The molecule has 1 fully saturated rings. The van der Waals surface area contributed by atoms with Crippen LogP contribution in [0.4, 0.5) is 8.78 Å².